The quantitative estimate of drug-likeness (QED) is 0.582. The van der Waals surface area contributed by atoms with E-state index in [1.54, 1.807) is 11.3 Å². The van der Waals surface area contributed by atoms with Gasteiger partial charge in [-0.2, -0.15) is 0 Å². The van der Waals surface area contributed by atoms with Crippen molar-refractivity contribution in [1.29, 1.82) is 0 Å². The van der Waals surface area contributed by atoms with Crippen molar-refractivity contribution < 1.29 is 0 Å². The van der Waals surface area contributed by atoms with Crippen LogP contribution >= 0.6 is 11.3 Å². The molecule has 0 spiro atoms. The van der Waals surface area contributed by atoms with Crippen LogP contribution in [0.1, 0.15) is 9.75 Å². The summed E-state index contributed by atoms with van der Waals surface area (Å²) >= 11 is 6.94. The molecule has 0 aromatic carbocycles. The Morgan fingerprint density at radius 1 is 1.08 bits per heavy atom. The molecule has 0 amide bonds. The van der Waals surface area contributed by atoms with E-state index in [1.165, 1.54) is 9.75 Å². The molecule has 0 saturated carbocycles. The van der Waals surface area contributed by atoms with Crippen LogP contribution in [-0.4, -0.2) is 40.6 Å². The zero-order chi connectivity index (χ0) is 9.52. The van der Waals surface area contributed by atoms with E-state index in [9.17, 15) is 0 Å². The summed E-state index contributed by atoms with van der Waals surface area (Å²) in [7, 11) is 0. The van der Waals surface area contributed by atoms with Gasteiger partial charge in [0, 0.05) is 0 Å². The van der Waals surface area contributed by atoms with Crippen LogP contribution in [0.2, 0.25) is 0 Å². The third-order valence-corrected chi connectivity index (χ3v) is 2.91. The second-order valence-corrected chi connectivity index (χ2v) is 4.20. The number of hydrogen-bond acceptors (Lipinski definition) is 3. The first-order chi connectivity index (χ1) is 6.36. The number of rotatable bonds is 4. The van der Waals surface area contributed by atoms with E-state index < -0.39 is 0 Å². The van der Waals surface area contributed by atoms with Gasteiger partial charge in [-0.3, -0.25) is 0 Å². The summed E-state index contributed by atoms with van der Waals surface area (Å²) in [6.45, 7) is 1.40. The molecule has 0 atom stereocenters. The molecule has 1 aromatic rings. The molecule has 0 unspecified atom stereocenters. The van der Waals surface area contributed by atoms with Gasteiger partial charge >= 0.3 is 96.9 Å². The molecule has 66 valence electrons. The first kappa shape index (κ1) is 11.0. The van der Waals surface area contributed by atoms with Crippen LogP contribution in [0.25, 0.3) is 0 Å². The SMILES string of the molecule is [Se]=C=NCc1ccc(CN=C=[Se])s1. The van der Waals surface area contributed by atoms with Crippen LogP contribution in [0.15, 0.2) is 22.1 Å². The van der Waals surface area contributed by atoms with Gasteiger partial charge in [0.05, 0.1) is 0 Å². The monoisotopic (exact) mass is 322 g/mol. The molecule has 5 heteroatoms. The molecule has 13 heavy (non-hydrogen) atoms. The molecular formula is C8H6N2SSe2. The van der Waals surface area contributed by atoms with Crippen molar-refractivity contribution in [2.75, 3.05) is 0 Å². The third-order valence-electron chi connectivity index (χ3n) is 1.32. The molecule has 1 rings (SSSR count). The number of thiophene rings is 1. The number of hydrogen-bond donors (Lipinski definition) is 0. The van der Waals surface area contributed by atoms with Gasteiger partial charge in [0.1, 0.15) is 0 Å². The number of nitrogens with zero attached hydrogens (tertiary/aromatic N) is 2. The first-order valence-electron chi connectivity index (χ1n) is 3.51. The second-order valence-electron chi connectivity index (χ2n) is 2.18. The zero-order valence-electron chi connectivity index (χ0n) is 6.69. The Labute approximate surface area is 96.5 Å². The molecule has 0 fully saturated rings. The van der Waals surface area contributed by atoms with E-state index in [4.69, 9.17) is 0 Å². The van der Waals surface area contributed by atoms with Crippen molar-refractivity contribution in [3.05, 3.63) is 21.9 Å². The summed E-state index contributed by atoms with van der Waals surface area (Å²) in [6.07, 6.45) is 0. The summed E-state index contributed by atoms with van der Waals surface area (Å²) in [5.41, 5.74) is 0. The van der Waals surface area contributed by atoms with E-state index in [2.05, 4.69) is 62.7 Å². The molecule has 0 radical (unpaired) electrons. The number of aliphatic imine (C=N–C) groups is 2. The summed E-state index contributed by atoms with van der Waals surface area (Å²) in [4.78, 5) is 10.4. The fourth-order valence-electron chi connectivity index (χ4n) is 0.813. The van der Waals surface area contributed by atoms with E-state index in [-0.39, 0.29) is 0 Å². The maximum absolute atomic E-state index is 3.99. The van der Waals surface area contributed by atoms with E-state index in [1.807, 2.05) is 0 Å². The second kappa shape index (κ2) is 6.37. The molecule has 0 bridgehead atoms. The minimum absolute atomic E-state index is 0.698. The minimum atomic E-state index is 0.698. The summed E-state index contributed by atoms with van der Waals surface area (Å²) < 4.78 is 5.27. The summed E-state index contributed by atoms with van der Waals surface area (Å²) in [5, 5.41) is 0. The fourth-order valence-corrected chi connectivity index (χ4v) is 1.95. The van der Waals surface area contributed by atoms with E-state index in [0.717, 1.165) is 0 Å². The third kappa shape index (κ3) is 4.08. The average Bonchev–Trinajstić information content (AvgIpc) is 2.59. The van der Waals surface area contributed by atoms with Gasteiger partial charge in [0.15, 0.2) is 0 Å². The van der Waals surface area contributed by atoms with Crippen molar-refractivity contribution in [2.24, 2.45) is 9.98 Å². The van der Waals surface area contributed by atoms with Gasteiger partial charge < -0.3 is 0 Å². The van der Waals surface area contributed by atoms with Gasteiger partial charge in [-0.25, -0.2) is 0 Å². The Morgan fingerprint density at radius 3 is 1.92 bits per heavy atom. The normalized spacial score (nSPS) is 8.62. The first-order valence-corrected chi connectivity index (χ1v) is 6.04. The Kier molecular flexibility index (Phi) is 5.38. The maximum atomic E-state index is 3.99. The molecule has 0 aliphatic heterocycles. The molecule has 0 N–H and O–H groups in total. The van der Waals surface area contributed by atoms with Crippen LogP contribution < -0.4 is 0 Å². The van der Waals surface area contributed by atoms with Crippen molar-refractivity contribution in [1.82, 2.24) is 0 Å². The van der Waals surface area contributed by atoms with Crippen LogP contribution in [0.3, 0.4) is 0 Å². The van der Waals surface area contributed by atoms with Crippen LogP contribution in [0.4, 0.5) is 0 Å². The molecule has 0 saturated heterocycles. The topological polar surface area (TPSA) is 24.7 Å². The molecule has 1 aromatic heterocycles. The Balaban J connectivity index is 2.62. The predicted octanol–water partition coefficient (Wildman–Crippen LogP) is 0.896. The average molecular weight is 320 g/mol. The van der Waals surface area contributed by atoms with Crippen LogP contribution in [0, 0.1) is 0 Å². The van der Waals surface area contributed by atoms with Crippen molar-refractivity contribution >= 4 is 51.9 Å². The van der Waals surface area contributed by atoms with Crippen molar-refractivity contribution in [2.45, 2.75) is 13.1 Å². The Hall–Kier alpha value is -0.101. The molecule has 1 heterocycles. The zero-order valence-corrected chi connectivity index (χ0v) is 10.9. The predicted molar refractivity (Wildman–Crippen MR) is 58.1 cm³/mol. The van der Waals surface area contributed by atoms with Crippen molar-refractivity contribution in [3.8, 4) is 0 Å². The Bertz CT molecular complexity index is 339. The molecule has 2 nitrogen and oxygen atoms in total. The summed E-state index contributed by atoms with van der Waals surface area (Å²) in [6, 6.07) is 4.13. The van der Waals surface area contributed by atoms with Crippen molar-refractivity contribution in [3.63, 3.8) is 0 Å². The van der Waals surface area contributed by atoms with Gasteiger partial charge in [0.25, 0.3) is 0 Å². The molecule has 0 aliphatic carbocycles. The Morgan fingerprint density at radius 2 is 1.54 bits per heavy atom. The molecule has 0 aliphatic rings. The van der Waals surface area contributed by atoms with E-state index in [0.29, 0.717) is 13.1 Å². The standard InChI is InChI=1S/C8H6N2SSe2/c12-5-9-3-7-1-2-8(11-7)4-10-6-13/h1-2H,3-4H2. The van der Waals surface area contributed by atoms with E-state index >= 15 is 0 Å². The summed E-state index contributed by atoms with van der Waals surface area (Å²) in [5.74, 6) is 0. The van der Waals surface area contributed by atoms with Crippen LogP contribution in [-0.2, 0) is 13.1 Å². The van der Waals surface area contributed by atoms with Gasteiger partial charge in [-0.05, 0) is 0 Å². The van der Waals surface area contributed by atoms with Gasteiger partial charge in [0.2, 0.25) is 0 Å². The fraction of sp³-hybridized carbons (Fsp3) is 0.250. The molecular weight excluding hydrogens is 314 g/mol. The van der Waals surface area contributed by atoms with Crippen LogP contribution in [0.5, 0.6) is 0 Å². The van der Waals surface area contributed by atoms with Gasteiger partial charge in [-0.1, -0.05) is 0 Å². The van der Waals surface area contributed by atoms with Gasteiger partial charge in [-0.15, -0.1) is 0 Å².